The molecule has 0 bridgehead atoms. The average molecular weight is 520 g/mol. The third-order valence-electron chi connectivity index (χ3n) is 10.6. The van der Waals surface area contributed by atoms with Gasteiger partial charge < -0.3 is 20.4 Å². The zero-order valence-corrected chi connectivity index (χ0v) is 22.9. The molecule has 1 amide bonds. The van der Waals surface area contributed by atoms with E-state index < -0.39 is 11.7 Å². The van der Waals surface area contributed by atoms with Gasteiger partial charge in [0.05, 0.1) is 11.8 Å². The predicted octanol–water partition coefficient (Wildman–Crippen LogP) is 4.24. The first-order valence-electron chi connectivity index (χ1n) is 14.1. The van der Waals surface area contributed by atoms with E-state index in [1.54, 1.807) is 12.3 Å². The fourth-order valence-corrected chi connectivity index (χ4v) is 8.13. The molecule has 38 heavy (non-hydrogen) atoms. The van der Waals surface area contributed by atoms with E-state index in [1.165, 1.54) is 5.57 Å². The van der Waals surface area contributed by atoms with Gasteiger partial charge >= 0.3 is 0 Å². The molecule has 3 saturated carbocycles. The molecule has 7 heteroatoms. The van der Waals surface area contributed by atoms with Crippen molar-refractivity contribution >= 4 is 11.6 Å². The second-order valence-electron chi connectivity index (χ2n) is 12.4. The Morgan fingerprint density at radius 2 is 2.03 bits per heavy atom. The van der Waals surface area contributed by atoms with Crippen LogP contribution >= 0.6 is 0 Å². The molecule has 1 aromatic rings. The van der Waals surface area contributed by atoms with Gasteiger partial charge in [-0.25, -0.2) is 0 Å². The lowest BCUT2D eigenvalue weighted by atomic mass is 9.46. The van der Waals surface area contributed by atoms with Crippen LogP contribution in [0.3, 0.4) is 0 Å². The molecule has 0 unspecified atom stereocenters. The molecule has 4 aliphatic rings. The molecule has 3 N–H and O–H groups in total. The molecule has 7 atom stereocenters. The van der Waals surface area contributed by atoms with E-state index in [2.05, 4.69) is 41.3 Å². The summed E-state index contributed by atoms with van der Waals surface area (Å²) in [7, 11) is 0. The van der Waals surface area contributed by atoms with Crippen LogP contribution in [0.25, 0.3) is 0 Å². The van der Waals surface area contributed by atoms with E-state index in [-0.39, 0.29) is 29.9 Å². The normalized spacial score (nSPS) is 37.7. The summed E-state index contributed by atoms with van der Waals surface area (Å²) in [6, 6.07) is 3.63. The van der Waals surface area contributed by atoms with E-state index in [9.17, 15) is 15.0 Å². The van der Waals surface area contributed by atoms with Crippen molar-refractivity contribution in [1.82, 2.24) is 10.3 Å². The smallest absolute Gasteiger partial charge is 0.260 e. The standard InChI is InChI=1S/C31H41N3O4/c1-5-31(37)15-12-26-24-9-8-22-16-23(10-13-29(22,3)25(24)11-14-30(26,31)4)34-38-19-28(36)33-18-27(35)21-7-6-20(2)32-17-21/h1,6-7,16-17,24-27,35,37H,8-15,18-19H2,2-4H3,(H,33,36)/b34-23+/t24-,25+,26+,27-,29+,30+,31-/m1/s1. The first-order valence-corrected chi connectivity index (χ1v) is 14.1. The highest BCUT2D eigenvalue weighted by molar-refractivity contribution is 5.96. The minimum absolute atomic E-state index is 0.0905. The lowest BCUT2D eigenvalue weighted by Crippen LogP contribution is -2.54. The van der Waals surface area contributed by atoms with Crippen LogP contribution in [0.4, 0.5) is 0 Å². The summed E-state index contributed by atoms with van der Waals surface area (Å²) in [5.74, 6) is 4.13. The largest absolute Gasteiger partial charge is 0.387 e. The maximum Gasteiger partial charge on any atom is 0.260 e. The zero-order valence-electron chi connectivity index (χ0n) is 22.9. The molecule has 0 aliphatic heterocycles. The lowest BCUT2D eigenvalue weighted by Gasteiger charge is -2.58. The number of allylic oxidation sites excluding steroid dienone is 2. The van der Waals surface area contributed by atoms with Crippen molar-refractivity contribution in [1.29, 1.82) is 0 Å². The number of aliphatic hydroxyl groups is 2. The van der Waals surface area contributed by atoms with Crippen LogP contribution in [0.15, 0.2) is 35.1 Å². The number of nitrogens with zero attached hydrogens (tertiary/aromatic N) is 2. The van der Waals surface area contributed by atoms with Crippen molar-refractivity contribution < 1.29 is 19.8 Å². The molecule has 1 heterocycles. The number of aryl methyl sites for hydroxylation is 1. The van der Waals surface area contributed by atoms with Gasteiger partial charge in [0.1, 0.15) is 5.60 Å². The van der Waals surface area contributed by atoms with Crippen LogP contribution in [0, 0.1) is 47.9 Å². The van der Waals surface area contributed by atoms with Crippen molar-refractivity contribution in [3.05, 3.63) is 41.2 Å². The highest BCUT2D eigenvalue weighted by atomic mass is 16.6. The fraction of sp³-hybridized carbons (Fsp3) is 0.645. The highest BCUT2D eigenvalue weighted by Gasteiger charge is 2.63. The Bertz CT molecular complexity index is 1170. The fourth-order valence-electron chi connectivity index (χ4n) is 8.13. The Hall–Kier alpha value is -2.69. The van der Waals surface area contributed by atoms with E-state index in [0.717, 1.165) is 62.8 Å². The van der Waals surface area contributed by atoms with Crippen LogP contribution in [0.5, 0.6) is 0 Å². The number of carbonyl (C=O) groups is 1. The second kappa shape index (κ2) is 10.1. The molecule has 7 nitrogen and oxygen atoms in total. The zero-order chi connectivity index (χ0) is 27.1. The van der Waals surface area contributed by atoms with Gasteiger partial charge in [-0.15, -0.1) is 6.42 Å². The molecule has 3 fully saturated rings. The lowest BCUT2D eigenvalue weighted by molar-refractivity contribution is -0.126. The Kier molecular flexibility index (Phi) is 7.17. The highest BCUT2D eigenvalue weighted by Crippen LogP contribution is 2.67. The number of terminal acetylenes is 1. The van der Waals surface area contributed by atoms with Gasteiger partial charge in [0, 0.05) is 29.4 Å². The third-order valence-corrected chi connectivity index (χ3v) is 10.6. The van der Waals surface area contributed by atoms with E-state index in [1.807, 2.05) is 13.0 Å². The average Bonchev–Trinajstić information content (AvgIpc) is 3.18. The summed E-state index contributed by atoms with van der Waals surface area (Å²) in [5, 5.41) is 28.4. The summed E-state index contributed by atoms with van der Waals surface area (Å²) < 4.78 is 0. The maximum atomic E-state index is 12.2. The summed E-state index contributed by atoms with van der Waals surface area (Å²) in [4.78, 5) is 21.8. The molecule has 0 radical (unpaired) electrons. The predicted molar refractivity (Wildman–Crippen MR) is 146 cm³/mol. The Morgan fingerprint density at radius 1 is 1.24 bits per heavy atom. The molecular weight excluding hydrogens is 478 g/mol. The van der Waals surface area contributed by atoms with Gasteiger partial charge in [-0.2, -0.15) is 0 Å². The molecule has 5 rings (SSSR count). The topological polar surface area (TPSA) is 104 Å². The van der Waals surface area contributed by atoms with E-state index in [4.69, 9.17) is 11.3 Å². The van der Waals surface area contributed by atoms with Crippen LogP contribution in [0.1, 0.15) is 82.6 Å². The number of amides is 1. The first kappa shape index (κ1) is 26.9. The van der Waals surface area contributed by atoms with Gasteiger partial charge in [0.2, 0.25) is 0 Å². The molecular formula is C31H41N3O4. The number of oxime groups is 1. The van der Waals surface area contributed by atoms with Gasteiger partial charge in [-0.3, -0.25) is 9.78 Å². The van der Waals surface area contributed by atoms with Crippen molar-refractivity contribution in [2.24, 2.45) is 33.7 Å². The third kappa shape index (κ3) is 4.56. The molecule has 4 aliphatic carbocycles. The SMILES string of the molecule is C#C[C@@]1(O)CC[C@H]2[C@@H]3CCC4=C/C(=N/OCC(=O)NC[C@@H](O)c5ccc(C)nc5)CC[C@]4(C)[C@H]3CC[C@@]21C. The Balaban J connectivity index is 1.16. The van der Waals surface area contributed by atoms with E-state index >= 15 is 0 Å². The number of rotatable bonds is 6. The van der Waals surface area contributed by atoms with Crippen molar-refractivity contribution in [3.63, 3.8) is 0 Å². The van der Waals surface area contributed by atoms with Gasteiger partial charge in [0.15, 0.2) is 6.61 Å². The molecule has 0 saturated heterocycles. The van der Waals surface area contributed by atoms with Crippen LogP contribution in [-0.2, 0) is 9.63 Å². The summed E-state index contributed by atoms with van der Waals surface area (Å²) in [6.07, 6.45) is 16.6. The quantitative estimate of drug-likeness (QED) is 0.385. The summed E-state index contributed by atoms with van der Waals surface area (Å²) >= 11 is 0. The van der Waals surface area contributed by atoms with Gasteiger partial charge in [-0.1, -0.05) is 36.6 Å². The van der Waals surface area contributed by atoms with Gasteiger partial charge in [-0.05, 0) is 93.6 Å². The molecule has 204 valence electrons. The number of aromatic nitrogens is 1. The van der Waals surface area contributed by atoms with Gasteiger partial charge in [0.25, 0.3) is 5.91 Å². The Labute approximate surface area is 226 Å². The monoisotopic (exact) mass is 519 g/mol. The molecule has 0 spiro atoms. The summed E-state index contributed by atoms with van der Waals surface area (Å²) in [6.45, 7) is 6.43. The maximum absolute atomic E-state index is 12.2. The molecule has 1 aromatic heterocycles. The van der Waals surface area contributed by atoms with Crippen molar-refractivity contribution in [2.75, 3.05) is 13.2 Å². The van der Waals surface area contributed by atoms with Crippen molar-refractivity contribution in [3.8, 4) is 12.3 Å². The summed E-state index contributed by atoms with van der Waals surface area (Å²) in [5.41, 5.74) is 2.86. The number of hydrogen-bond donors (Lipinski definition) is 3. The minimum atomic E-state index is -0.967. The van der Waals surface area contributed by atoms with Crippen LogP contribution < -0.4 is 5.32 Å². The van der Waals surface area contributed by atoms with Crippen LogP contribution in [0.2, 0.25) is 0 Å². The first-order chi connectivity index (χ1) is 18.1. The van der Waals surface area contributed by atoms with Crippen LogP contribution in [-0.4, -0.2) is 45.6 Å². The number of aliphatic hydroxyl groups excluding tert-OH is 1. The second-order valence-corrected chi connectivity index (χ2v) is 12.4. The number of pyridine rings is 1. The number of fused-ring (bicyclic) bond motifs is 5. The number of carbonyl (C=O) groups excluding carboxylic acids is 1. The van der Waals surface area contributed by atoms with Crippen molar-refractivity contribution in [2.45, 2.75) is 83.8 Å². The Morgan fingerprint density at radius 3 is 2.76 bits per heavy atom. The number of hydrogen-bond acceptors (Lipinski definition) is 6. The minimum Gasteiger partial charge on any atom is -0.387 e. The molecule has 0 aromatic carbocycles. The number of nitrogens with one attached hydrogen (secondary N) is 1. The van der Waals surface area contributed by atoms with E-state index in [0.29, 0.717) is 23.3 Å².